The average molecular weight is 257 g/mol. The van der Waals surface area contributed by atoms with E-state index in [0.29, 0.717) is 0 Å². The lowest BCUT2D eigenvalue weighted by Gasteiger charge is -2.15. The molecule has 0 aliphatic heterocycles. The van der Waals surface area contributed by atoms with Crippen LogP contribution in [-0.2, 0) is 11.3 Å². The van der Waals surface area contributed by atoms with E-state index in [9.17, 15) is 13.6 Å². The van der Waals surface area contributed by atoms with Crippen LogP contribution in [0.4, 0.5) is 13.6 Å². The smallest absolute Gasteiger partial charge is 0.408 e. The van der Waals surface area contributed by atoms with Crippen molar-refractivity contribution < 1.29 is 23.4 Å². The summed E-state index contributed by atoms with van der Waals surface area (Å²) in [4.78, 5) is 11.3. The molecule has 0 radical (unpaired) electrons. The maximum absolute atomic E-state index is 12.9. The topological polar surface area (TPSA) is 58.6 Å². The van der Waals surface area contributed by atoms with E-state index in [1.165, 1.54) is 0 Å². The lowest BCUT2D eigenvalue weighted by Crippen LogP contribution is -2.44. The predicted molar refractivity (Wildman–Crippen MR) is 59.1 cm³/mol. The molecule has 0 bridgehead atoms. The number of hydrogen-bond donors (Lipinski definition) is 2. The molecule has 1 amide bonds. The van der Waals surface area contributed by atoms with Crippen LogP contribution in [0, 0.1) is 0 Å². The van der Waals surface area contributed by atoms with Crippen LogP contribution in [0.3, 0.4) is 0 Å². The van der Waals surface area contributed by atoms with Crippen LogP contribution in [0.25, 0.3) is 0 Å². The molecule has 0 saturated heterocycles. The number of carbonyl (C=O) groups is 1. The third kappa shape index (κ3) is 2.43. The number of amides is 1. The molecule has 98 valence electrons. The lowest BCUT2D eigenvalue weighted by molar-refractivity contribution is 0.0505. The van der Waals surface area contributed by atoms with Crippen molar-refractivity contribution in [3.05, 3.63) is 35.9 Å². The van der Waals surface area contributed by atoms with Crippen LogP contribution < -0.4 is 5.32 Å². The number of aliphatic hydroxyl groups is 1. The molecule has 1 fully saturated rings. The Morgan fingerprint density at radius 1 is 1.39 bits per heavy atom. The molecule has 18 heavy (non-hydrogen) atoms. The van der Waals surface area contributed by atoms with E-state index >= 15 is 0 Å². The highest BCUT2D eigenvalue weighted by Crippen LogP contribution is 2.52. The molecule has 2 rings (SSSR count). The van der Waals surface area contributed by atoms with Gasteiger partial charge in [-0.05, 0) is 5.56 Å². The van der Waals surface area contributed by atoms with Crippen LogP contribution in [0.5, 0.6) is 0 Å². The van der Waals surface area contributed by atoms with Gasteiger partial charge >= 0.3 is 6.09 Å². The van der Waals surface area contributed by atoms with Gasteiger partial charge in [0, 0.05) is 6.42 Å². The van der Waals surface area contributed by atoms with Gasteiger partial charge in [0.1, 0.15) is 12.1 Å². The molecule has 2 N–H and O–H groups in total. The zero-order valence-electron chi connectivity index (χ0n) is 9.53. The van der Waals surface area contributed by atoms with Gasteiger partial charge in [0.15, 0.2) is 0 Å². The molecule has 1 aliphatic carbocycles. The summed E-state index contributed by atoms with van der Waals surface area (Å²) in [5, 5.41) is 10.9. The van der Waals surface area contributed by atoms with Gasteiger partial charge in [0.25, 0.3) is 5.92 Å². The minimum atomic E-state index is -3.06. The molecule has 1 atom stereocenters. The number of carbonyl (C=O) groups excluding carboxylic acids is 1. The van der Waals surface area contributed by atoms with Crippen molar-refractivity contribution in [2.24, 2.45) is 0 Å². The molecule has 1 aromatic carbocycles. The summed E-state index contributed by atoms with van der Waals surface area (Å²) in [5.41, 5.74) is -1.09. The second-order valence-corrected chi connectivity index (χ2v) is 4.31. The van der Waals surface area contributed by atoms with Crippen molar-refractivity contribution in [2.75, 3.05) is 6.61 Å². The summed E-state index contributed by atoms with van der Waals surface area (Å²) in [7, 11) is 0. The highest BCUT2D eigenvalue weighted by Gasteiger charge is 2.72. The predicted octanol–water partition coefficient (Wildman–Crippen LogP) is 1.68. The van der Waals surface area contributed by atoms with Crippen LogP contribution >= 0.6 is 0 Å². The minimum Gasteiger partial charge on any atom is -0.445 e. The summed E-state index contributed by atoms with van der Waals surface area (Å²) in [6.45, 7) is -0.805. The fraction of sp³-hybridized carbons (Fsp3) is 0.417. The summed E-state index contributed by atoms with van der Waals surface area (Å²) >= 11 is 0. The van der Waals surface area contributed by atoms with Crippen molar-refractivity contribution in [1.29, 1.82) is 0 Å². The standard InChI is InChI=1S/C12H13F2NO3/c13-12(14)7-11(12,8-16)15-10(17)18-6-9-4-2-1-3-5-9/h1-5,16H,6-8H2,(H,15,17). The van der Waals surface area contributed by atoms with Gasteiger partial charge in [0.05, 0.1) is 6.61 Å². The molecule has 0 aromatic heterocycles. The molecule has 6 heteroatoms. The van der Waals surface area contributed by atoms with Crippen LogP contribution in [0.1, 0.15) is 12.0 Å². The number of halogens is 2. The second kappa shape index (κ2) is 4.53. The minimum absolute atomic E-state index is 0.000245. The number of ether oxygens (including phenoxy) is 1. The highest BCUT2D eigenvalue weighted by atomic mass is 19.3. The molecular weight excluding hydrogens is 244 g/mol. The Labute approximate surface area is 103 Å². The number of hydrogen-bond acceptors (Lipinski definition) is 3. The Balaban J connectivity index is 1.83. The molecule has 1 saturated carbocycles. The van der Waals surface area contributed by atoms with E-state index in [4.69, 9.17) is 9.84 Å². The van der Waals surface area contributed by atoms with Gasteiger partial charge in [-0.25, -0.2) is 13.6 Å². The first-order chi connectivity index (χ1) is 8.49. The maximum atomic E-state index is 12.9. The van der Waals surface area contributed by atoms with Crippen molar-refractivity contribution in [3.63, 3.8) is 0 Å². The maximum Gasteiger partial charge on any atom is 0.408 e. The molecule has 0 heterocycles. The normalized spacial score (nSPS) is 24.4. The molecule has 0 spiro atoms. The largest absolute Gasteiger partial charge is 0.445 e. The lowest BCUT2D eigenvalue weighted by atomic mass is 10.2. The molecule has 1 unspecified atom stereocenters. The third-order valence-electron chi connectivity index (χ3n) is 2.92. The molecule has 4 nitrogen and oxygen atoms in total. The first kappa shape index (κ1) is 12.8. The monoisotopic (exact) mass is 257 g/mol. The Kier molecular flexibility index (Phi) is 3.21. The summed E-state index contributed by atoms with van der Waals surface area (Å²) in [6, 6.07) is 8.87. The van der Waals surface area contributed by atoms with Gasteiger partial charge in [-0.1, -0.05) is 30.3 Å². The SMILES string of the molecule is O=C(NC1(CO)CC1(F)F)OCc1ccccc1. The number of rotatable bonds is 4. The van der Waals surface area contributed by atoms with Crippen molar-refractivity contribution >= 4 is 6.09 Å². The van der Waals surface area contributed by atoms with Gasteiger partial charge in [-0.15, -0.1) is 0 Å². The molecule has 1 aromatic rings. The number of nitrogens with one attached hydrogen (secondary N) is 1. The van der Waals surface area contributed by atoms with Crippen molar-refractivity contribution in [1.82, 2.24) is 5.32 Å². The fourth-order valence-electron chi connectivity index (χ4n) is 1.64. The Hall–Kier alpha value is -1.69. The van der Waals surface area contributed by atoms with E-state index in [1.54, 1.807) is 24.3 Å². The number of benzene rings is 1. The number of alkyl carbamates (subject to hydrolysis) is 1. The van der Waals surface area contributed by atoms with Crippen LogP contribution in [-0.4, -0.2) is 29.3 Å². The quantitative estimate of drug-likeness (QED) is 0.862. The van der Waals surface area contributed by atoms with Crippen LogP contribution in [0.2, 0.25) is 0 Å². The van der Waals surface area contributed by atoms with E-state index in [0.717, 1.165) is 5.56 Å². The second-order valence-electron chi connectivity index (χ2n) is 4.31. The molecule has 1 aliphatic rings. The van der Waals surface area contributed by atoms with Gasteiger partial charge in [-0.3, -0.25) is 0 Å². The first-order valence-electron chi connectivity index (χ1n) is 5.47. The summed E-state index contributed by atoms with van der Waals surface area (Å²) in [6.07, 6.45) is -1.51. The van der Waals surface area contributed by atoms with Crippen molar-refractivity contribution in [2.45, 2.75) is 24.5 Å². The number of aliphatic hydroxyl groups excluding tert-OH is 1. The Morgan fingerprint density at radius 2 is 2.00 bits per heavy atom. The highest BCUT2D eigenvalue weighted by molar-refractivity contribution is 5.69. The Morgan fingerprint density at radius 3 is 2.50 bits per heavy atom. The average Bonchev–Trinajstić information content (AvgIpc) is 2.90. The van der Waals surface area contributed by atoms with Gasteiger partial charge in [-0.2, -0.15) is 0 Å². The third-order valence-corrected chi connectivity index (χ3v) is 2.92. The van der Waals surface area contributed by atoms with Gasteiger partial charge < -0.3 is 15.2 Å². The summed E-state index contributed by atoms with van der Waals surface area (Å²) < 4.78 is 30.7. The number of alkyl halides is 2. The zero-order chi connectivity index (χ0) is 13.2. The van der Waals surface area contributed by atoms with E-state index in [1.807, 2.05) is 11.4 Å². The van der Waals surface area contributed by atoms with Gasteiger partial charge in [0.2, 0.25) is 0 Å². The Bertz CT molecular complexity index is 438. The molecular formula is C12H13F2NO3. The fourth-order valence-corrected chi connectivity index (χ4v) is 1.64. The van der Waals surface area contributed by atoms with Crippen LogP contribution in [0.15, 0.2) is 30.3 Å². The van der Waals surface area contributed by atoms with E-state index in [2.05, 4.69) is 0 Å². The van der Waals surface area contributed by atoms with Crippen molar-refractivity contribution in [3.8, 4) is 0 Å². The van der Waals surface area contributed by atoms with E-state index < -0.39 is 30.6 Å². The first-order valence-corrected chi connectivity index (χ1v) is 5.47. The zero-order valence-corrected chi connectivity index (χ0v) is 9.53. The summed E-state index contributed by atoms with van der Waals surface area (Å²) in [5.74, 6) is -3.06. The van der Waals surface area contributed by atoms with E-state index in [-0.39, 0.29) is 6.61 Å².